The van der Waals surface area contributed by atoms with Crippen molar-refractivity contribution in [2.45, 2.75) is 39.7 Å². The highest BCUT2D eigenvalue weighted by Crippen LogP contribution is 2.17. The van der Waals surface area contributed by atoms with Gasteiger partial charge >= 0.3 is 0 Å². The number of aryl methyl sites for hydroxylation is 1. The van der Waals surface area contributed by atoms with Crippen LogP contribution in [-0.4, -0.2) is 35.7 Å². The van der Waals surface area contributed by atoms with Crippen molar-refractivity contribution < 1.29 is 9.21 Å². The minimum Gasteiger partial charge on any atom is -0.423 e. The lowest BCUT2D eigenvalue weighted by molar-refractivity contribution is 0.0922. The third kappa shape index (κ3) is 2.89. The normalized spacial score (nSPS) is 12.7. The number of carbonyl (C=O) groups is 1. The third-order valence-corrected chi connectivity index (χ3v) is 3.29. The molecule has 0 radical (unpaired) electrons. The number of hydrogen-bond acceptors (Lipinski definition) is 7. The van der Waals surface area contributed by atoms with Crippen molar-refractivity contribution in [3.8, 4) is 0 Å². The van der Waals surface area contributed by atoms with Crippen LogP contribution in [0.4, 0.5) is 0 Å². The zero-order valence-electron chi connectivity index (χ0n) is 13.3. The average molecular weight is 315 g/mol. The Kier molecular flexibility index (Phi) is 3.77. The Morgan fingerprint density at radius 1 is 1.17 bits per heavy atom. The first-order valence-corrected chi connectivity index (χ1v) is 7.28. The molecule has 1 unspecified atom stereocenters. The van der Waals surface area contributed by atoms with Crippen LogP contribution in [0.2, 0.25) is 0 Å². The number of carbonyl (C=O) groups excluding carboxylic acids is 1. The lowest BCUT2D eigenvalue weighted by atomic mass is 10.2. The minimum absolute atomic E-state index is 0.133. The Labute approximate surface area is 132 Å². The zero-order valence-corrected chi connectivity index (χ0v) is 13.3. The van der Waals surface area contributed by atoms with E-state index in [2.05, 4.69) is 30.7 Å². The summed E-state index contributed by atoms with van der Waals surface area (Å²) in [5, 5.41) is 18.5. The quantitative estimate of drug-likeness (QED) is 0.775. The molecule has 0 aliphatic rings. The van der Waals surface area contributed by atoms with Gasteiger partial charge in [-0.25, -0.2) is 4.98 Å². The van der Waals surface area contributed by atoms with E-state index in [1.165, 1.54) is 4.40 Å². The summed E-state index contributed by atoms with van der Waals surface area (Å²) in [7, 11) is 0. The van der Waals surface area contributed by atoms with Gasteiger partial charge in [0.2, 0.25) is 17.6 Å². The van der Waals surface area contributed by atoms with E-state index in [9.17, 15) is 4.79 Å². The predicted octanol–water partition coefficient (Wildman–Crippen LogP) is 1.43. The summed E-state index contributed by atoms with van der Waals surface area (Å²) in [6.07, 6.45) is 1.71. The molecule has 1 amide bonds. The van der Waals surface area contributed by atoms with Crippen LogP contribution in [0.5, 0.6) is 0 Å². The van der Waals surface area contributed by atoms with Gasteiger partial charge in [0.05, 0.1) is 0 Å². The van der Waals surface area contributed by atoms with E-state index in [0.717, 1.165) is 5.69 Å². The Bertz CT molecular complexity index is 852. The molecule has 0 saturated carbocycles. The molecular weight excluding hydrogens is 298 g/mol. The van der Waals surface area contributed by atoms with E-state index < -0.39 is 6.04 Å². The van der Waals surface area contributed by atoms with Gasteiger partial charge in [-0.2, -0.15) is 0 Å². The second kappa shape index (κ2) is 5.75. The summed E-state index contributed by atoms with van der Waals surface area (Å²) in [5.74, 6) is 1.16. The average Bonchev–Trinajstić information content (AvgIpc) is 3.13. The summed E-state index contributed by atoms with van der Waals surface area (Å²) in [5.41, 5.74) is 0.803. The number of nitrogens with zero attached hydrogens (tertiary/aromatic N) is 6. The van der Waals surface area contributed by atoms with Crippen LogP contribution in [0.1, 0.15) is 60.8 Å². The SMILES string of the molecule is Cc1ccn2c(C(=O)NC(C)c3nnc(C(C)C)o3)nnc2n1. The second-order valence-corrected chi connectivity index (χ2v) is 5.59. The molecule has 1 N–H and O–H groups in total. The molecule has 3 aromatic heterocycles. The van der Waals surface area contributed by atoms with Crippen molar-refractivity contribution in [1.29, 1.82) is 0 Å². The van der Waals surface area contributed by atoms with E-state index in [0.29, 0.717) is 17.6 Å². The molecular formula is C14H17N7O2. The van der Waals surface area contributed by atoms with Crippen molar-refractivity contribution >= 4 is 11.7 Å². The van der Waals surface area contributed by atoms with Gasteiger partial charge in [-0.3, -0.25) is 9.20 Å². The largest absolute Gasteiger partial charge is 0.423 e. The lowest BCUT2D eigenvalue weighted by Gasteiger charge is -2.08. The molecule has 3 rings (SSSR count). The summed E-state index contributed by atoms with van der Waals surface area (Å²) < 4.78 is 7.07. The van der Waals surface area contributed by atoms with Crippen molar-refractivity contribution in [2.24, 2.45) is 0 Å². The highest BCUT2D eigenvalue weighted by atomic mass is 16.4. The maximum atomic E-state index is 12.4. The number of rotatable bonds is 4. The molecule has 0 aromatic carbocycles. The molecule has 23 heavy (non-hydrogen) atoms. The molecule has 0 aliphatic heterocycles. The van der Waals surface area contributed by atoms with Crippen LogP contribution in [0.3, 0.4) is 0 Å². The van der Waals surface area contributed by atoms with Crippen LogP contribution in [0.25, 0.3) is 5.78 Å². The maximum absolute atomic E-state index is 12.4. The molecule has 120 valence electrons. The fraction of sp³-hybridized carbons (Fsp3) is 0.429. The first-order valence-electron chi connectivity index (χ1n) is 7.28. The molecule has 9 heteroatoms. The molecule has 3 aromatic rings. The van der Waals surface area contributed by atoms with Crippen molar-refractivity contribution in [1.82, 2.24) is 35.1 Å². The number of fused-ring (bicyclic) bond motifs is 1. The van der Waals surface area contributed by atoms with Crippen molar-refractivity contribution in [3.63, 3.8) is 0 Å². The molecule has 0 aliphatic carbocycles. The fourth-order valence-electron chi connectivity index (χ4n) is 2.01. The van der Waals surface area contributed by atoms with Gasteiger partial charge in [0.15, 0.2) is 0 Å². The Balaban J connectivity index is 1.79. The highest BCUT2D eigenvalue weighted by molar-refractivity contribution is 5.91. The topological polar surface area (TPSA) is 111 Å². The Hall–Kier alpha value is -2.84. The summed E-state index contributed by atoms with van der Waals surface area (Å²) in [4.78, 5) is 16.6. The van der Waals surface area contributed by atoms with Gasteiger partial charge < -0.3 is 9.73 Å². The van der Waals surface area contributed by atoms with Gasteiger partial charge in [0, 0.05) is 17.8 Å². The van der Waals surface area contributed by atoms with Crippen LogP contribution < -0.4 is 5.32 Å². The van der Waals surface area contributed by atoms with E-state index >= 15 is 0 Å². The molecule has 0 spiro atoms. The molecule has 0 bridgehead atoms. The Morgan fingerprint density at radius 3 is 2.61 bits per heavy atom. The van der Waals surface area contributed by atoms with Crippen LogP contribution in [-0.2, 0) is 0 Å². The van der Waals surface area contributed by atoms with Crippen LogP contribution >= 0.6 is 0 Å². The van der Waals surface area contributed by atoms with Crippen molar-refractivity contribution in [3.05, 3.63) is 35.6 Å². The monoisotopic (exact) mass is 315 g/mol. The van der Waals surface area contributed by atoms with E-state index in [1.807, 2.05) is 20.8 Å². The first kappa shape index (κ1) is 15.1. The first-order chi connectivity index (χ1) is 11.0. The standard InChI is InChI=1S/C14H17N7O2/c1-7(2)12-18-19-13(23-12)9(4)16-11(22)10-17-20-14-15-8(3)5-6-21(10)14/h5-7,9H,1-4H3,(H,16,22). The van der Waals surface area contributed by atoms with Gasteiger partial charge in [-0.15, -0.1) is 20.4 Å². The number of aromatic nitrogens is 6. The molecule has 1 atom stereocenters. The van der Waals surface area contributed by atoms with Gasteiger partial charge in [0.25, 0.3) is 11.7 Å². The number of hydrogen-bond donors (Lipinski definition) is 1. The van der Waals surface area contributed by atoms with Gasteiger partial charge in [0.1, 0.15) is 6.04 Å². The summed E-state index contributed by atoms with van der Waals surface area (Å²) in [6, 6.07) is 1.34. The van der Waals surface area contributed by atoms with Gasteiger partial charge in [-0.05, 0) is 19.9 Å². The van der Waals surface area contributed by atoms with Crippen molar-refractivity contribution in [2.75, 3.05) is 0 Å². The number of nitrogens with one attached hydrogen (secondary N) is 1. The third-order valence-electron chi connectivity index (χ3n) is 3.29. The minimum atomic E-state index is -0.437. The molecule has 3 heterocycles. The zero-order chi connectivity index (χ0) is 16.6. The Morgan fingerprint density at radius 2 is 1.91 bits per heavy atom. The van der Waals surface area contributed by atoms with Crippen LogP contribution in [0, 0.1) is 6.92 Å². The van der Waals surface area contributed by atoms with Crippen LogP contribution in [0.15, 0.2) is 16.7 Å². The molecule has 0 fully saturated rings. The van der Waals surface area contributed by atoms with E-state index in [-0.39, 0.29) is 17.6 Å². The summed E-state index contributed by atoms with van der Waals surface area (Å²) in [6.45, 7) is 7.52. The predicted molar refractivity (Wildman–Crippen MR) is 79.8 cm³/mol. The second-order valence-electron chi connectivity index (χ2n) is 5.59. The highest BCUT2D eigenvalue weighted by Gasteiger charge is 2.21. The maximum Gasteiger partial charge on any atom is 0.290 e. The van der Waals surface area contributed by atoms with E-state index in [1.54, 1.807) is 19.2 Å². The smallest absolute Gasteiger partial charge is 0.290 e. The summed E-state index contributed by atoms with van der Waals surface area (Å²) >= 11 is 0. The number of amides is 1. The lowest BCUT2D eigenvalue weighted by Crippen LogP contribution is -2.28. The molecule has 9 nitrogen and oxygen atoms in total. The fourth-order valence-corrected chi connectivity index (χ4v) is 2.01. The molecule has 0 saturated heterocycles. The van der Waals surface area contributed by atoms with Gasteiger partial charge in [-0.1, -0.05) is 13.8 Å². The van der Waals surface area contributed by atoms with E-state index in [4.69, 9.17) is 4.42 Å².